The second-order valence-electron chi connectivity index (χ2n) is 6.34. The van der Waals surface area contributed by atoms with Gasteiger partial charge in [-0.05, 0) is 50.4 Å². The first kappa shape index (κ1) is 18.9. The van der Waals surface area contributed by atoms with Crippen molar-refractivity contribution < 1.29 is 9.84 Å². The molecule has 1 aliphatic heterocycles. The number of hydrogen-bond donors (Lipinski definition) is 1. The Labute approximate surface area is 149 Å². The maximum absolute atomic E-state index is 10.3. The van der Waals surface area contributed by atoms with Crippen molar-refractivity contribution in [2.75, 3.05) is 26.2 Å². The molecule has 2 rings (SSSR count). The third kappa shape index (κ3) is 6.15. The lowest BCUT2D eigenvalue weighted by Crippen LogP contribution is -2.44. The lowest BCUT2D eigenvalue weighted by atomic mass is 9.91. The van der Waals surface area contributed by atoms with Gasteiger partial charge in [-0.3, -0.25) is 0 Å². The Bertz CT molecular complexity index is 484. The molecule has 2 atom stereocenters. The van der Waals surface area contributed by atoms with Crippen LogP contribution in [0.3, 0.4) is 0 Å². The van der Waals surface area contributed by atoms with Crippen LogP contribution in [-0.2, 0) is 0 Å². The van der Waals surface area contributed by atoms with Gasteiger partial charge in [0.2, 0.25) is 0 Å². The van der Waals surface area contributed by atoms with Crippen LogP contribution in [0.5, 0.6) is 5.75 Å². The zero-order valence-corrected chi connectivity index (χ0v) is 15.3. The lowest BCUT2D eigenvalue weighted by molar-refractivity contribution is 0.0129. The first-order valence-corrected chi connectivity index (χ1v) is 9.34. The number of likely N-dealkylation sites (tertiary alicyclic amines) is 1. The average Bonchev–Trinajstić information content (AvgIpc) is 2.53. The number of unbranched alkanes of at least 4 members (excludes halogenated alkanes) is 2. The van der Waals surface area contributed by atoms with E-state index in [9.17, 15) is 5.11 Å². The van der Waals surface area contributed by atoms with Gasteiger partial charge >= 0.3 is 0 Å². The summed E-state index contributed by atoms with van der Waals surface area (Å²) < 4.78 is 5.73. The molecule has 130 valence electrons. The summed E-state index contributed by atoms with van der Waals surface area (Å²) in [5.41, 5.74) is 0. The molecular formula is C18H27Cl2NO2. The van der Waals surface area contributed by atoms with Crippen LogP contribution >= 0.6 is 23.2 Å². The van der Waals surface area contributed by atoms with Crippen LogP contribution in [0, 0.1) is 5.92 Å². The number of nitrogens with zero attached hydrogens (tertiary/aromatic N) is 1. The van der Waals surface area contributed by atoms with Gasteiger partial charge in [0.25, 0.3) is 0 Å². The molecule has 0 aliphatic carbocycles. The van der Waals surface area contributed by atoms with E-state index in [1.165, 1.54) is 19.3 Å². The zero-order valence-electron chi connectivity index (χ0n) is 13.8. The highest BCUT2D eigenvalue weighted by Crippen LogP contribution is 2.27. The topological polar surface area (TPSA) is 32.7 Å². The molecule has 0 bridgehead atoms. The van der Waals surface area contributed by atoms with Gasteiger partial charge in [-0.2, -0.15) is 0 Å². The molecule has 1 aromatic carbocycles. The maximum Gasteiger partial charge on any atom is 0.120 e. The van der Waals surface area contributed by atoms with Crippen molar-refractivity contribution in [1.29, 1.82) is 0 Å². The summed E-state index contributed by atoms with van der Waals surface area (Å²) in [6.07, 6.45) is 5.40. The molecule has 0 amide bonds. The fourth-order valence-corrected chi connectivity index (χ4v) is 3.35. The molecule has 1 fully saturated rings. The van der Waals surface area contributed by atoms with E-state index in [1.54, 1.807) is 12.1 Å². The fraction of sp³-hybridized carbons (Fsp3) is 0.667. The molecule has 23 heavy (non-hydrogen) atoms. The number of ether oxygens (including phenoxy) is 1. The van der Waals surface area contributed by atoms with Crippen molar-refractivity contribution in [2.45, 2.75) is 45.1 Å². The summed E-state index contributed by atoms with van der Waals surface area (Å²) in [4.78, 5) is 2.39. The Hall–Kier alpha value is -0.480. The predicted octanol–water partition coefficient (Wildman–Crippen LogP) is 4.64. The van der Waals surface area contributed by atoms with E-state index in [0.717, 1.165) is 38.2 Å². The van der Waals surface area contributed by atoms with Crippen molar-refractivity contribution in [3.8, 4) is 5.75 Å². The van der Waals surface area contributed by atoms with E-state index in [1.807, 2.05) is 6.07 Å². The van der Waals surface area contributed by atoms with Crippen molar-refractivity contribution in [3.63, 3.8) is 0 Å². The highest BCUT2D eigenvalue weighted by molar-refractivity contribution is 6.42. The summed E-state index contributed by atoms with van der Waals surface area (Å²) in [6.45, 7) is 5.79. The second-order valence-corrected chi connectivity index (χ2v) is 7.15. The van der Waals surface area contributed by atoms with E-state index >= 15 is 0 Å². The first-order valence-electron chi connectivity index (χ1n) is 8.58. The van der Waals surface area contributed by atoms with Gasteiger partial charge in [0.05, 0.1) is 22.8 Å². The van der Waals surface area contributed by atoms with Crippen LogP contribution in [0.4, 0.5) is 0 Å². The number of aliphatic hydroxyl groups is 1. The third-order valence-corrected chi connectivity index (χ3v) is 5.27. The van der Waals surface area contributed by atoms with E-state index in [2.05, 4.69) is 11.8 Å². The molecular weight excluding hydrogens is 333 g/mol. The highest BCUT2D eigenvalue weighted by Gasteiger charge is 2.27. The quantitative estimate of drug-likeness (QED) is 0.686. The van der Waals surface area contributed by atoms with Gasteiger partial charge in [0.15, 0.2) is 0 Å². The highest BCUT2D eigenvalue weighted by atomic mass is 35.5. The number of β-amino-alcohol motifs (C(OH)–C–C–N with tert-alkyl or cyclic N) is 1. The Morgan fingerprint density at radius 1 is 1.26 bits per heavy atom. The number of piperidine rings is 1. The van der Waals surface area contributed by atoms with Crippen molar-refractivity contribution in [3.05, 3.63) is 28.2 Å². The molecule has 2 unspecified atom stereocenters. The van der Waals surface area contributed by atoms with E-state index in [-0.39, 0.29) is 6.10 Å². The molecule has 0 radical (unpaired) electrons. The summed E-state index contributed by atoms with van der Waals surface area (Å²) in [7, 11) is 0. The van der Waals surface area contributed by atoms with Crippen molar-refractivity contribution >= 4 is 23.2 Å². The Morgan fingerprint density at radius 3 is 2.78 bits per heavy atom. The van der Waals surface area contributed by atoms with Crippen molar-refractivity contribution in [1.82, 2.24) is 4.90 Å². The Morgan fingerprint density at radius 2 is 2.09 bits per heavy atom. The number of hydrogen-bond acceptors (Lipinski definition) is 3. The summed E-state index contributed by atoms with van der Waals surface area (Å²) in [6, 6.07) is 5.29. The summed E-state index contributed by atoms with van der Waals surface area (Å²) >= 11 is 11.9. The van der Waals surface area contributed by atoms with Crippen LogP contribution < -0.4 is 4.74 Å². The van der Waals surface area contributed by atoms with E-state index in [0.29, 0.717) is 22.6 Å². The van der Waals surface area contributed by atoms with Crippen LogP contribution in [0.1, 0.15) is 39.0 Å². The van der Waals surface area contributed by atoms with Gasteiger partial charge in [0, 0.05) is 12.6 Å². The summed E-state index contributed by atoms with van der Waals surface area (Å²) in [5, 5.41) is 11.4. The molecule has 1 N–H and O–H groups in total. The third-order valence-electron chi connectivity index (χ3n) is 4.53. The second kappa shape index (κ2) is 9.73. The summed E-state index contributed by atoms with van der Waals surface area (Å²) in [5.74, 6) is 1.05. The smallest absolute Gasteiger partial charge is 0.120 e. The first-order chi connectivity index (χ1) is 11.1. The molecule has 0 spiro atoms. The Kier molecular flexibility index (Phi) is 7.97. The van der Waals surface area contributed by atoms with Crippen LogP contribution in [0.15, 0.2) is 18.2 Å². The van der Waals surface area contributed by atoms with Gasteiger partial charge in [-0.25, -0.2) is 0 Å². The monoisotopic (exact) mass is 359 g/mol. The van der Waals surface area contributed by atoms with Crippen LogP contribution in [-0.4, -0.2) is 42.4 Å². The number of benzene rings is 1. The standard InChI is InChI=1S/C18H27Cl2NO2/c1-2-3-4-9-21-10-7-14(18(22)13-21)8-11-23-15-5-6-16(19)17(20)12-15/h5-6,12,14,18,22H,2-4,7-11,13H2,1H3. The van der Waals surface area contributed by atoms with Gasteiger partial charge < -0.3 is 14.7 Å². The van der Waals surface area contributed by atoms with Gasteiger partial charge in [-0.1, -0.05) is 43.0 Å². The van der Waals surface area contributed by atoms with Crippen molar-refractivity contribution in [2.24, 2.45) is 5.92 Å². The van der Waals surface area contributed by atoms with E-state index < -0.39 is 0 Å². The maximum atomic E-state index is 10.3. The molecule has 0 aromatic heterocycles. The molecule has 1 aliphatic rings. The van der Waals surface area contributed by atoms with Crippen LogP contribution in [0.2, 0.25) is 10.0 Å². The van der Waals surface area contributed by atoms with E-state index in [4.69, 9.17) is 27.9 Å². The molecule has 1 aromatic rings. The molecule has 1 heterocycles. The SMILES string of the molecule is CCCCCN1CCC(CCOc2ccc(Cl)c(Cl)c2)C(O)C1. The largest absolute Gasteiger partial charge is 0.494 e. The number of halogens is 2. The van der Waals surface area contributed by atoms with Gasteiger partial charge in [-0.15, -0.1) is 0 Å². The number of aliphatic hydroxyl groups excluding tert-OH is 1. The molecule has 5 heteroatoms. The minimum atomic E-state index is -0.247. The zero-order chi connectivity index (χ0) is 16.7. The lowest BCUT2D eigenvalue weighted by Gasteiger charge is -2.36. The van der Waals surface area contributed by atoms with Gasteiger partial charge in [0.1, 0.15) is 5.75 Å². The molecule has 0 saturated carbocycles. The predicted molar refractivity (Wildman–Crippen MR) is 96.7 cm³/mol. The minimum absolute atomic E-state index is 0.247. The average molecular weight is 360 g/mol. The number of rotatable bonds is 8. The molecule has 1 saturated heterocycles. The van der Waals surface area contributed by atoms with Crippen LogP contribution in [0.25, 0.3) is 0 Å². The minimum Gasteiger partial charge on any atom is -0.494 e. The molecule has 3 nitrogen and oxygen atoms in total. The normalized spacial score (nSPS) is 22.3. The fourth-order valence-electron chi connectivity index (χ4n) is 3.07. The Balaban J connectivity index is 1.69.